The second-order valence-corrected chi connectivity index (χ2v) is 6.17. The summed E-state index contributed by atoms with van der Waals surface area (Å²) in [5.41, 5.74) is 0.777. The van der Waals surface area contributed by atoms with Gasteiger partial charge < -0.3 is 19.6 Å². The maximum Gasteiger partial charge on any atom is 0.408 e. The Labute approximate surface area is 138 Å². The van der Waals surface area contributed by atoms with Crippen molar-refractivity contribution in [3.05, 3.63) is 29.7 Å². The Balaban J connectivity index is 2.14. The first-order chi connectivity index (χ1) is 11.2. The number of aromatic nitrogens is 1. The van der Waals surface area contributed by atoms with Gasteiger partial charge in [-0.05, 0) is 38.5 Å². The highest BCUT2D eigenvalue weighted by Crippen LogP contribution is 2.18. The molecule has 1 aromatic heterocycles. The van der Waals surface area contributed by atoms with Crippen LogP contribution in [0.2, 0.25) is 0 Å². The number of alkyl carbamates (subject to hydrolysis) is 1. The number of oxazole rings is 1. The molecular weight excluding hydrogens is 314 g/mol. The summed E-state index contributed by atoms with van der Waals surface area (Å²) < 4.78 is 10.3. The lowest BCUT2D eigenvalue weighted by Crippen LogP contribution is -2.44. The SMILES string of the molecule is CC(C)(C)OC(=O)N[C@@H](Cc1ccc2nc(C#N)oc2c1)C(=O)O. The van der Waals surface area contributed by atoms with Crippen molar-refractivity contribution in [3.8, 4) is 6.07 Å². The van der Waals surface area contributed by atoms with E-state index in [2.05, 4.69) is 10.3 Å². The van der Waals surface area contributed by atoms with E-state index in [1.54, 1.807) is 45.0 Å². The van der Waals surface area contributed by atoms with Crippen molar-refractivity contribution in [3.63, 3.8) is 0 Å². The Bertz CT molecular complexity index is 813. The maximum absolute atomic E-state index is 11.8. The van der Waals surface area contributed by atoms with Crippen LogP contribution in [-0.4, -0.2) is 33.8 Å². The molecule has 0 radical (unpaired) electrons. The van der Waals surface area contributed by atoms with Gasteiger partial charge in [-0.25, -0.2) is 9.59 Å². The minimum Gasteiger partial charge on any atom is -0.480 e. The number of nitriles is 1. The number of carboxylic acids is 1. The predicted octanol–water partition coefficient (Wildman–Crippen LogP) is 2.22. The third-order valence-electron chi connectivity index (χ3n) is 2.98. The molecule has 2 rings (SSSR count). The van der Waals surface area contributed by atoms with Crippen LogP contribution < -0.4 is 5.32 Å². The zero-order valence-corrected chi connectivity index (χ0v) is 13.5. The van der Waals surface area contributed by atoms with E-state index < -0.39 is 23.7 Å². The van der Waals surface area contributed by atoms with Crippen LogP contribution in [0.4, 0.5) is 4.79 Å². The third kappa shape index (κ3) is 4.46. The first-order valence-corrected chi connectivity index (χ1v) is 7.20. The number of ether oxygens (including phenoxy) is 1. The molecule has 0 spiro atoms. The lowest BCUT2D eigenvalue weighted by Gasteiger charge is -2.22. The quantitative estimate of drug-likeness (QED) is 0.879. The molecular formula is C16H17N3O5. The number of hydrogen-bond donors (Lipinski definition) is 2. The first-order valence-electron chi connectivity index (χ1n) is 7.20. The van der Waals surface area contributed by atoms with E-state index in [1.165, 1.54) is 0 Å². The van der Waals surface area contributed by atoms with Gasteiger partial charge in [0.1, 0.15) is 17.2 Å². The molecule has 1 amide bonds. The van der Waals surface area contributed by atoms with Gasteiger partial charge in [-0.2, -0.15) is 10.2 Å². The first kappa shape index (κ1) is 17.3. The minimum atomic E-state index is -1.18. The van der Waals surface area contributed by atoms with Crippen LogP contribution >= 0.6 is 0 Å². The fourth-order valence-corrected chi connectivity index (χ4v) is 2.03. The summed E-state index contributed by atoms with van der Waals surface area (Å²) in [6, 6.07) is 5.53. The van der Waals surface area contributed by atoms with Crippen LogP contribution in [0.15, 0.2) is 22.6 Å². The summed E-state index contributed by atoms with van der Waals surface area (Å²) in [5, 5.41) is 20.4. The second-order valence-electron chi connectivity index (χ2n) is 6.17. The van der Waals surface area contributed by atoms with Gasteiger partial charge in [0.2, 0.25) is 0 Å². The van der Waals surface area contributed by atoms with E-state index in [0.29, 0.717) is 16.7 Å². The molecule has 0 aliphatic heterocycles. The molecule has 126 valence electrons. The van der Waals surface area contributed by atoms with Gasteiger partial charge in [-0.3, -0.25) is 0 Å². The van der Waals surface area contributed by atoms with Crippen molar-refractivity contribution in [2.45, 2.75) is 38.8 Å². The van der Waals surface area contributed by atoms with Gasteiger partial charge in [0.15, 0.2) is 11.7 Å². The molecule has 0 aliphatic carbocycles. The zero-order valence-electron chi connectivity index (χ0n) is 13.5. The number of carbonyl (C=O) groups excluding carboxylic acids is 1. The Hall–Kier alpha value is -3.08. The van der Waals surface area contributed by atoms with Crippen molar-refractivity contribution < 1.29 is 23.8 Å². The lowest BCUT2D eigenvalue weighted by molar-refractivity contribution is -0.139. The predicted molar refractivity (Wildman–Crippen MR) is 83.2 cm³/mol. The molecule has 2 aromatic rings. The fraction of sp³-hybridized carbons (Fsp3) is 0.375. The molecule has 24 heavy (non-hydrogen) atoms. The van der Waals surface area contributed by atoms with Crippen molar-refractivity contribution in [2.24, 2.45) is 0 Å². The number of nitrogens with zero attached hydrogens (tertiary/aromatic N) is 2. The molecule has 0 bridgehead atoms. The maximum atomic E-state index is 11.8. The van der Waals surface area contributed by atoms with Crippen molar-refractivity contribution >= 4 is 23.2 Å². The van der Waals surface area contributed by atoms with E-state index in [4.69, 9.17) is 14.4 Å². The summed E-state index contributed by atoms with van der Waals surface area (Å²) in [7, 11) is 0. The van der Waals surface area contributed by atoms with Crippen molar-refractivity contribution in [1.82, 2.24) is 10.3 Å². The summed E-state index contributed by atoms with van der Waals surface area (Å²) in [6.45, 7) is 5.06. The molecule has 1 heterocycles. The molecule has 8 heteroatoms. The van der Waals surface area contributed by atoms with E-state index in [1.807, 2.05) is 0 Å². The number of benzene rings is 1. The Morgan fingerprint density at radius 3 is 2.75 bits per heavy atom. The summed E-state index contributed by atoms with van der Waals surface area (Å²) in [4.78, 5) is 27.1. The van der Waals surface area contributed by atoms with Crippen molar-refractivity contribution in [2.75, 3.05) is 0 Å². The largest absolute Gasteiger partial charge is 0.480 e. The molecule has 0 saturated heterocycles. The molecule has 0 fully saturated rings. The molecule has 2 N–H and O–H groups in total. The van der Waals surface area contributed by atoms with Gasteiger partial charge in [0.25, 0.3) is 0 Å². The highest BCUT2D eigenvalue weighted by molar-refractivity contribution is 5.81. The van der Waals surface area contributed by atoms with Crippen LogP contribution in [0.3, 0.4) is 0 Å². The Morgan fingerprint density at radius 2 is 2.17 bits per heavy atom. The fourth-order valence-electron chi connectivity index (χ4n) is 2.03. The van der Waals surface area contributed by atoms with E-state index in [0.717, 1.165) is 0 Å². The van der Waals surface area contributed by atoms with Crippen LogP contribution in [0.25, 0.3) is 11.1 Å². The number of nitrogens with one attached hydrogen (secondary N) is 1. The van der Waals surface area contributed by atoms with Gasteiger partial charge >= 0.3 is 18.0 Å². The standard InChI is InChI=1S/C16H17N3O5/c1-16(2,3)24-15(22)19-11(14(20)21)6-9-4-5-10-12(7-9)23-13(8-17)18-10/h4-5,7,11H,6H2,1-3H3,(H,19,22)(H,20,21)/t11-/m0/s1. The van der Waals surface area contributed by atoms with Gasteiger partial charge in [-0.1, -0.05) is 6.07 Å². The number of fused-ring (bicyclic) bond motifs is 1. The number of rotatable bonds is 4. The topological polar surface area (TPSA) is 125 Å². The highest BCUT2D eigenvalue weighted by atomic mass is 16.6. The average Bonchev–Trinajstić information content (AvgIpc) is 2.86. The molecule has 0 unspecified atom stereocenters. The molecule has 0 saturated carbocycles. The molecule has 0 aliphatic rings. The summed E-state index contributed by atoms with van der Waals surface area (Å²) >= 11 is 0. The normalized spacial score (nSPS) is 12.4. The number of hydrogen-bond acceptors (Lipinski definition) is 6. The van der Waals surface area contributed by atoms with Gasteiger partial charge in [-0.15, -0.1) is 0 Å². The number of carbonyl (C=O) groups is 2. The van der Waals surface area contributed by atoms with Gasteiger partial charge in [0, 0.05) is 6.42 Å². The highest BCUT2D eigenvalue weighted by Gasteiger charge is 2.24. The summed E-state index contributed by atoms with van der Waals surface area (Å²) in [6.07, 6.45) is -0.768. The summed E-state index contributed by atoms with van der Waals surface area (Å²) in [5.74, 6) is -1.25. The van der Waals surface area contributed by atoms with Crippen molar-refractivity contribution in [1.29, 1.82) is 5.26 Å². The van der Waals surface area contributed by atoms with Crippen LogP contribution in [0, 0.1) is 11.3 Å². The van der Waals surface area contributed by atoms with E-state index in [9.17, 15) is 14.7 Å². The monoisotopic (exact) mass is 331 g/mol. The van der Waals surface area contributed by atoms with Crippen LogP contribution in [0.5, 0.6) is 0 Å². The molecule has 1 aromatic carbocycles. The number of carboxylic acid groups (broad SMARTS) is 1. The van der Waals surface area contributed by atoms with E-state index >= 15 is 0 Å². The molecule has 8 nitrogen and oxygen atoms in total. The second kappa shape index (κ2) is 6.58. The Kier molecular flexibility index (Phi) is 4.74. The Morgan fingerprint density at radius 1 is 1.46 bits per heavy atom. The average molecular weight is 331 g/mol. The third-order valence-corrected chi connectivity index (χ3v) is 2.98. The minimum absolute atomic E-state index is 0.0348. The number of aliphatic carboxylic acids is 1. The smallest absolute Gasteiger partial charge is 0.408 e. The van der Waals surface area contributed by atoms with Crippen LogP contribution in [0.1, 0.15) is 32.2 Å². The van der Waals surface area contributed by atoms with Gasteiger partial charge in [0.05, 0.1) is 0 Å². The zero-order chi connectivity index (χ0) is 17.9. The van der Waals surface area contributed by atoms with Crippen LogP contribution in [-0.2, 0) is 16.0 Å². The molecule has 1 atom stereocenters. The van der Waals surface area contributed by atoms with E-state index in [-0.39, 0.29) is 12.3 Å². The lowest BCUT2D eigenvalue weighted by atomic mass is 10.1. The number of amides is 1.